The first-order valence-electron chi connectivity index (χ1n) is 10.8. The molecule has 0 radical (unpaired) electrons. The summed E-state index contributed by atoms with van der Waals surface area (Å²) in [5.74, 6) is 0.247. The number of amides is 2. The molecule has 0 atom stereocenters. The first-order chi connectivity index (χ1) is 15.5. The Morgan fingerprint density at radius 3 is 2.28 bits per heavy atom. The maximum Gasteiger partial charge on any atom is 0.275 e. The van der Waals surface area contributed by atoms with Gasteiger partial charge >= 0.3 is 0 Å². The van der Waals surface area contributed by atoms with Crippen LogP contribution in [0.3, 0.4) is 0 Å². The fraction of sp³-hybridized carbons (Fsp3) is 0.333. The summed E-state index contributed by atoms with van der Waals surface area (Å²) in [5.41, 5.74) is 0.691. The van der Waals surface area contributed by atoms with Crippen LogP contribution in [0.4, 0.5) is 5.69 Å². The largest absolute Gasteiger partial charge is 0.494 e. The highest BCUT2D eigenvalue weighted by Crippen LogP contribution is 2.17. The lowest BCUT2D eigenvalue weighted by molar-refractivity contribution is -0.130. The lowest BCUT2D eigenvalue weighted by Gasteiger charge is -2.19. The number of hydrogen-bond acceptors (Lipinski definition) is 5. The van der Waals surface area contributed by atoms with E-state index in [-0.39, 0.29) is 30.3 Å². The Balaban J connectivity index is 1.85. The van der Waals surface area contributed by atoms with E-state index in [9.17, 15) is 14.4 Å². The molecule has 8 heteroatoms. The molecular weight excluding hydrogens is 408 g/mol. The third-order valence-electron chi connectivity index (χ3n) is 5.12. The number of aromatic nitrogens is 2. The molecule has 0 fully saturated rings. The van der Waals surface area contributed by atoms with Crippen molar-refractivity contribution in [1.82, 2.24) is 14.7 Å². The van der Waals surface area contributed by atoms with E-state index in [0.29, 0.717) is 47.6 Å². The van der Waals surface area contributed by atoms with Crippen LogP contribution in [0.25, 0.3) is 10.8 Å². The van der Waals surface area contributed by atoms with Gasteiger partial charge < -0.3 is 15.0 Å². The number of benzene rings is 2. The number of hydrogen-bond donors (Lipinski definition) is 1. The maximum absolute atomic E-state index is 12.9. The van der Waals surface area contributed by atoms with Gasteiger partial charge in [0.1, 0.15) is 12.3 Å². The van der Waals surface area contributed by atoms with E-state index in [4.69, 9.17) is 4.74 Å². The van der Waals surface area contributed by atoms with Gasteiger partial charge in [-0.2, -0.15) is 5.10 Å². The molecule has 0 saturated carbocycles. The normalized spacial score (nSPS) is 10.7. The fourth-order valence-corrected chi connectivity index (χ4v) is 3.51. The van der Waals surface area contributed by atoms with Gasteiger partial charge in [-0.25, -0.2) is 4.68 Å². The Bertz CT molecular complexity index is 1150. The van der Waals surface area contributed by atoms with Crippen LogP contribution in [0.1, 0.15) is 26.5 Å². The average molecular weight is 437 g/mol. The number of rotatable bonds is 9. The third kappa shape index (κ3) is 5.32. The first-order valence-corrected chi connectivity index (χ1v) is 10.8. The predicted octanol–water partition coefficient (Wildman–Crippen LogP) is 2.84. The lowest BCUT2D eigenvalue weighted by atomic mass is 10.1. The Labute approximate surface area is 186 Å². The number of carbonyl (C=O) groups is 2. The minimum absolute atomic E-state index is 0.0585. The Morgan fingerprint density at radius 1 is 1.00 bits per heavy atom. The van der Waals surface area contributed by atoms with Crippen molar-refractivity contribution in [2.45, 2.75) is 33.7 Å². The minimum Gasteiger partial charge on any atom is -0.494 e. The van der Waals surface area contributed by atoms with E-state index >= 15 is 0 Å². The molecule has 0 bridgehead atoms. The fourth-order valence-electron chi connectivity index (χ4n) is 3.51. The number of ether oxygens (including phenoxy) is 1. The summed E-state index contributed by atoms with van der Waals surface area (Å²) < 4.78 is 6.52. The summed E-state index contributed by atoms with van der Waals surface area (Å²) in [7, 11) is 0. The monoisotopic (exact) mass is 436 g/mol. The Kier molecular flexibility index (Phi) is 7.59. The van der Waals surface area contributed by atoms with Crippen LogP contribution in [-0.2, 0) is 22.6 Å². The van der Waals surface area contributed by atoms with E-state index in [1.54, 1.807) is 53.4 Å². The first kappa shape index (κ1) is 23.0. The molecular formula is C24H28N4O4. The number of nitrogens with one attached hydrogen (secondary N) is 1. The molecule has 0 spiro atoms. The van der Waals surface area contributed by atoms with Gasteiger partial charge in [0.2, 0.25) is 11.8 Å². The molecule has 3 aromatic rings. The van der Waals surface area contributed by atoms with Crippen molar-refractivity contribution in [3.63, 3.8) is 0 Å². The van der Waals surface area contributed by atoms with Gasteiger partial charge in [0.05, 0.1) is 24.1 Å². The number of carbonyl (C=O) groups excluding carboxylic acids is 2. The van der Waals surface area contributed by atoms with Gasteiger partial charge in [-0.05, 0) is 51.1 Å². The van der Waals surface area contributed by atoms with Crippen molar-refractivity contribution < 1.29 is 14.3 Å². The number of nitrogens with zero attached hydrogens (tertiary/aromatic N) is 3. The minimum atomic E-state index is -0.389. The molecule has 0 aliphatic carbocycles. The molecule has 2 aromatic carbocycles. The van der Waals surface area contributed by atoms with Crippen molar-refractivity contribution in [2.75, 3.05) is 25.0 Å². The predicted molar refractivity (Wildman–Crippen MR) is 124 cm³/mol. The summed E-state index contributed by atoms with van der Waals surface area (Å²) in [6.07, 6.45) is 0.0585. The molecule has 0 aliphatic rings. The second-order valence-electron chi connectivity index (χ2n) is 7.20. The van der Waals surface area contributed by atoms with Crippen LogP contribution in [-0.4, -0.2) is 46.2 Å². The number of fused-ring (bicyclic) bond motifs is 1. The molecule has 2 amide bonds. The third-order valence-corrected chi connectivity index (χ3v) is 5.12. The zero-order chi connectivity index (χ0) is 23.1. The van der Waals surface area contributed by atoms with Crippen LogP contribution in [0.2, 0.25) is 0 Å². The lowest BCUT2D eigenvalue weighted by Crippen LogP contribution is -2.34. The molecule has 0 aliphatic heterocycles. The van der Waals surface area contributed by atoms with Crippen molar-refractivity contribution >= 4 is 28.3 Å². The summed E-state index contributed by atoms with van der Waals surface area (Å²) in [6, 6.07) is 14.0. The second kappa shape index (κ2) is 10.6. The molecule has 1 N–H and O–H groups in total. The van der Waals surface area contributed by atoms with Crippen molar-refractivity contribution in [3.05, 3.63) is 64.6 Å². The maximum atomic E-state index is 12.9. The molecule has 0 unspecified atom stereocenters. The SMILES string of the molecule is CCOc1ccc(NC(=O)Cn2nc(CC(=O)N(CC)CC)c3ccccc3c2=O)cc1. The molecule has 0 saturated heterocycles. The highest BCUT2D eigenvalue weighted by atomic mass is 16.5. The Hall–Kier alpha value is -3.68. The Morgan fingerprint density at radius 2 is 1.66 bits per heavy atom. The topological polar surface area (TPSA) is 93.5 Å². The van der Waals surface area contributed by atoms with Crippen LogP contribution in [0, 0.1) is 0 Å². The van der Waals surface area contributed by atoms with Crippen LogP contribution in [0.5, 0.6) is 5.75 Å². The van der Waals surface area contributed by atoms with Crippen molar-refractivity contribution in [3.8, 4) is 5.75 Å². The molecule has 3 rings (SSSR count). The standard InChI is InChI=1S/C24H28N4O4/c1-4-27(5-2)23(30)15-21-19-9-7-8-10-20(19)24(31)28(26-21)16-22(29)25-17-11-13-18(14-12-17)32-6-3/h7-14H,4-6,15-16H2,1-3H3,(H,25,29). The highest BCUT2D eigenvalue weighted by Gasteiger charge is 2.17. The average Bonchev–Trinajstić information content (AvgIpc) is 2.79. The zero-order valence-electron chi connectivity index (χ0n) is 18.6. The second-order valence-corrected chi connectivity index (χ2v) is 7.20. The van der Waals surface area contributed by atoms with E-state index in [2.05, 4.69) is 10.4 Å². The summed E-state index contributed by atoms with van der Waals surface area (Å²) in [6.45, 7) is 7.21. The van der Waals surface area contributed by atoms with Crippen LogP contribution < -0.4 is 15.6 Å². The van der Waals surface area contributed by atoms with Crippen molar-refractivity contribution in [2.24, 2.45) is 0 Å². The van der Waals surface area contributed by atoms with Crippen molar-refractivity contribution in [1.29, 1.82) is 0 Å². The quantitative estimate of drug-likeness (QED) is 0.557. The molecule has 8 nitrogen and oxygen atoms in total. The van der Waals surface area contributed by atoms with E-state index in [1.807, 2.05) is 20.8 Å². The number of anilines is 1. The highest BCUT2D eigenvalue weighted by molar-refractivity contribution is 5.91. The van der Waals surface area contributed by atoms with Crippen LogP contribution >= 0.6 is 0 Å². The van der Waals surface area contributed by atoms with Gasteiger partial charge in [-0.3, -0.25) is 14.4 Å². The van der Waals surface area contributed by atoms with Crippen LogP contribution in [0.15, 0.2) is 53.3 Å². The zero-order valence-corrected chi connectivity index (χ0v) is 18.6. The molecule has 168 valence electrons. The van der Waals surface area contributed by atoms with Gasteiger partial charge in [-0.15, -0.1) is 0 Å². The summed E-state index contributed by atoms with van der Waals surface area (Å²) in [5, 5.41) is 8.21. The van der Waals surface area contributed by atoms with E-state index < -0.39 is 0 Å². The smallest absolute Gasteiger partial charge is 0.275 e. The summed E-state index contributed by atoms with van der Waals surface area (Å²) >= 11 is 0. The molecule has 32 heavy (non-hydrogen) atoms. The van der Waals surface area contributed by atoms with E-state index in [0.717, 1.165) is 4.68 Å². The van der Waals surface area contributed by atoms with E-state index in [1.165, 1.54) is 0 Å². The summed E-state index contributed by atoms with van der Waals surface area (Å²) in [4.78, 5) is 39.9. The van der Waals surface area contributed by atoms with Gasteiger partial charge in [0.15, 0.2) is 0 Å². The molecule has 1 aromatic heterocycles. The van der Waals surface area contributed by atoms with Gasteiger partial charge in [0, 0.05) is 24.2 Å². The van der Waals surface area contributed by atoms with Gasteiger partial charge in [-0.1, -0.05) is 18.2 Å². The number of likely N-dealkylation sites (N-methyl/N-ethyl adjacent to an activating group) is 1. The molecule has 1 heterocycles. The van der Waals surface area contributed by atoms with Gasteiger partial charge in [0.25, 0.3) is 5.56 Å².